The summed E-state index contributed by atoms with van der Waals surface area (Å²) in [5, 5.41) is 19.4. The summed E-state index contributed by atoms with van der Waals surface area (Å²) in [6.45, 7) is 0.311. The molecule has 1 aromatic rings. The lowest BCUT2D eigenvalue weighted by Gasteiger charge is -2.10. The van der Waals surface area contributed by atoms with Crippen LogP contribution in [0.1, 0.15) is 23.2 Å². The van der Waals surface area contributed by atoms with Gasteiger partial charge in [-0.25, -0.2) is 0 Å². The molecule has 1 atom stereocenters. The zero-order chi connectivity index (χ0) is 10.7. The van der Waals surface area contributed by atoms with Gasteiger partial charge in [-0.1, -0.05) is 0 Å². The molecule has 0 aromatic carbocycles. The molecule has 1 unspecified atom stereocenters. The van der Waals surface area contributed by atoms with Crippen LogP contribution in [0, 0.1) is 5.92 Å². The molecule has 2 rings (SSSR count). The van der Waals surface area contributed by atoms with Crippen LogP contribution in [0.5, 0.6) is 0 Å². The maximum Gasteiger partial charge on any atom is 0.253 e. The van der Waals surface area contributed by atoms with Gasteiger partial charge in [0, 0.05) is 6.54 Å². The molecular formula is C10H13N3O2. The van der Waals surface area contributed by atoms with E-state index in [1.807, 2.05) is 0 Å². The van der Waals surface area contributed by atoms with Gasteiger partial charge in [-0.05, 0) is 24.8 Å². The number of nitrogens with one attached hydrogen (secondary N) is 1. The third kappa shape index (κ3) is 2.73. The molecule has 0 radical (unpaired) electrons. The van der Waals surface area contributed by atoms with Gasteiger partial charge in [-0.3, -0.25) is 4.79 Å². The normalized spacial score (nSPS) is 17.1. The number of hydrogen-bond acceptors (Lipinski definition) is 4. The van der Waals surface area contributed by atoms with Gasteiger partial charge in [0.15, 0.2) is 0 Å². The van der Waals surface area contributed by atoms with Crippen molar-refractivity contribution in [1.82, 2.24) is 15.5 Å². The molecular weight excluding hydrogens is 194 g/mol. The molecule has 1 amide bonds. The van der Waals surface area contributed by atoms with Crippen LogP contribution in [0.25, 0.3) is 0 Å². The van der Waals surface area contributed by atoms with Gasteiger partial charge in [-0.15, -0.1) is 0 Å². The summed E-state index contributed by atoms with van der Waals surface area (Å²) >= 11 is 0. The average Bonchev–Trinajstić information content (AvgIpc) is 3.10. The molecule has 1 aliphatic carbocycles. The topological polar surface area (TPSA) is 75.1 Å². The van der Waals surface area contributed by atoms with Crippen LogP contribution in [0.3, 0.4) is 0 Å². The zero-order valence-corrected chi connectivity index (χ0v) is 8.26. The van der Waals surface area contributed by atoms with E-state index in [2.05, 4.69) is 15.5 Å². The summed E-state index contributed by atoms with van der Waals surface area (Å²) in [7, 11) is 0. The first kappa shape index (κ1) is 10.0. The van der Waals surface area contributed by atoms with Crippen molar-refractivity contribution in [2.24, 2.45) is 5.92 Å². The quantitative estimate of drug-likeness (QED) is 0.727. The molecule has 80 valence electrons. The number of nitrogens with zero attached hydrogens (tertiary/aromatic N) is 2. The summed E-state index contributed by atoms with van der Waals surface area (Å²) < 4.78 is 0. The van der Waals surface area contributed by atoms with Crippen molar-refractivity contribution in [3.05, 3.63) is 24.0 Å². The second-order valence-corrected chi connectivity index (χ2v) is 3.75. The Morgan fingerprint density at radius 2 is 2.40 bits per heavy atom. The monoisotopic (exact) mass is 207 g/mol. The molecule has 2 N–H and O–H groups in total. The van der Waals surface area contributed by atoms with E-state index >= 15 is 0 Å². The second-order valence-electron chi connectivity index (χ2n) is 3.75. The fourth-order valence-corrected chi connectivity index (χ4v) is 1.37. The predicted octanol–water partition coefficient (Wildman–Crippen LogP) is -0.0227. The Morgan fingerprint density at radius 3 is 3.00 bits per heavy atom. The van der Waals surface area contributed by atoms with Gasteiger partial charge < -0.3 is 10.4 Å². The summed E-state index contributed by atoms with van der Waals surface area (Å²) in [4.78, 5) is 11.5. The van der Waals surface area contributed by atoms with Crippen LogP contribution >= 0.6 is 0 Å². The number of aliphatic hydroxyl groups is 1. The number of amides is 1. The minimum Gasteiger partial charge on any atom is -0.391 e. The molecule has 0 aliphatic heterocycles. The molecule has 0 bridgehead atoms. The third-order valence-electron chi connectivity index (χ3n) is 2.48. The highest BCUT2D eigenvalue weighted by Crippen LogP contribution is 2.32. The molecule has 1 aromatic heterocycles. The van der Waals surface area contributed by atoms with Crippen molar-refractivity contribution >= 4 is 5.91 Å². The van der Waals surface area contributed by atoms with Gasteiger partial charge in [0.2, 0.25) is 0 Å². The molecule has 15 heavy (non-hydrogen) atoms. The first-order chi connectivity index (χ1) is 7.27. The maximum atomic E-state index is 11.5. The fourth-order valence-electron chi connectivity index (χ4n) is 1.37. The first-order valence-electron chi connectivity index (χ1n) is 5.00. The van der Waals surface area contributed by atoms with Gasteiger partial charge in [-0.2, -0.15) is 10.2 Å². The van der Waals surface area contributed by atoms with Crippen molar-refractivity contribution in [3.8, 4) is 0 Å². The minimum absolute atomic E-state index is 0.218. The SMILES string of the molecule is O=C(NCC(O)C1CC1)c1ccnnc1. The predicted molar refractivity (Wildman–Crippen MR) is 53.1 cm³/mol. The number of hydrogen-bond donors (Lipinski definition) is 2. The van der Waals surface area contributed by atoms with Crippen LogP contribution in [0.15, 0.2) is 18.5 Å². The first-order valence-corrected chi connectivity index (χ1v) is 5.00. The highest BCUT2D eigenvalue weighted by atomic mass is 16.3. The van der Waals surface area contributed by atoms with E-state index in [1.165, 1.54) is 12.4 Å². The highest BCUT2D eigenvalue weighted by Gasteiger charge is 2.29. The molecule has 1 saturated carbocycles. The van der Waals surface area contributed by atoms with E-state index < -0.39 is 6.10 Å². The van der Waals surface area contributed by atoms with E-state index in [4.69, 9.17) is 0 Å². The lowest BCUT2D eigenvalue weighted by atomic mass is 10.2. The minimum atomic E-state index is -0.413. The van der Waals surface area contributed by atoms with Crippen LogP contribution in [-0.4, -0.2) is 33.9 Å². The van der Waals surface area contributed by atoms with Crippen molar-refractivity contribution in [3.63, 3.8) is 0 Å². The molecule has 5 nitrogen and oxygen atoms in total. The van der Waals surface area contributed by atoms with E-state index in [1.54, 1.807) is 6.07 Å². The lowest BCUT2D eigenvalue weighted by molar-refractivity contribution is 0.0900. The largest absolute Gasteiger partial charge is 0.391 e. The zero-order valence-electron chi connectivity index (χ0n) is 8.26. The van der Waals surface area contributed by atoms with Gasteiger partial charge in [0.25, 0.3) is 5.91 Å². The van der Waals surface area contributed by atoms with Crippen molar-refractivity contribution in [2.75, 3.05) is 6.54 Å². The third-order valence-corrected chi connectivity index (χ3v) is 2.48. The van der Waals surface area contributed by atoms with Crippen molar-refractivity contribution < 1.29 is 9.90 Å². The molecule has 1 fully saturated rings. The highest BCUT2D eigenvalue weighted by molar-refractivity contribution is 5.93. The number of carbonyl (C=O) groups excluding carboxylic acids is 1. The molecule has 0 spiro atoms. The molecule has 5 heteroatoms. The van der Waals surface area contributed by atoms with Gasteiger partial charge >= 0.3 is 0 Å². The Kier molecular flexibility index (Phi) is 2.91. The molecule has 1 aliphatic rings. The summed E-state index contributed by atoms with van der Waals surface area (Å²) in [5.74, 6) is 0.158. The van der Waals surface area contributed by atoms with Crippen LogP contribution in [0.2, 0.25) is 0 Å². The van der Waals surface area contributed by atoms with E-state index in [-0.39, 0.29) is 5.91 Å². The Morgan fingerprint density at radius 1 is 1.60 bits per heavy atom. The Labute approximate surface area is 87.5 Å². The van der Waals surface area contributed by atoms with Crippen molar-refractivity contribution in [2.45, 2.75) is 18.9 Å². The summed E-state index contributed by atoms with van der Waals surface area (Å²) in [5.41, 5.74) is 0.466. The van der Waals surface area contributed by atoms with Crippen LogP contribution in [-0.2, 0) is 0 Å². The Hall–Kier alpha value is -1.49. The van der Waals surface area contributed by atoms with Crippen LogP contribution in [0.4, 0.5) is 0 Å². The van der Waals surface area contributed by atoms with Crippen LogP contribution < -0.4 is 5.32 Å². The number of aliphatic hydroxyl groups excluding tert-OH is 1. The lowest BCUT2D eigenvalue weighted by Crippen LogP contribution is -2.33. The maximum absolute atomic E-state index is 11.5. The smallest absolute Gasteiger partial charge is 0.253 e. The fraction of sp³-hybridized carbons (Fsp3) is 0.500. The van der Waals surface area contributed by atoms with Gasteiger partial charge in [0.05, 0.1) is 24.1 Å². The molecule has 1 heterocycles. The van der Waals surface area contributed by atoms with Crippen molar-refractivity contribution in [1.29, 1.82) is 0 Å². The van der Waals surface area contributed by atoms with E-state index in [0.29, 0.717) is 18.0 Å². The number of rotatable bonds is 4. The number of carbonyl (C=O) groups is 1. The summed E-state index contributed by atoms with van der Waals surface area (Å²) in [6.07, 6.45) is 4.58. The van der Waals surface area contributed by atoms with E-state index in [9.17, 15) is 9.90 Å². The Bertz CT molecular complexity index is 338. The Balaban J connectivity index is 1.82. The standard InChI is InChI=1S/C10H13N3O2/c14-9(7-1-2-7)6-11-10(15)8-3-4-12-13-5-8/h3-5,7,9,14H,1-2,6H2,(H,11,15). The number of aromatic nitrogens is 2. The second kappa shape index (κ2) is 4.35. The van der Waals surface area contributed by atoms with Gasteiger partial charge in [0.1, 0.15) is 0 Å². The van der Waals surface area contributed by atoms with E-state index in [0.717, 1.165) is 12.8 Å². The summed E-state index contributed by atoms with van der Waals surface area (Å²) in [6, 6.07) is 1.59. The average molecular weight is 207 g/mol. The molecule has 0 saturated heterocycles.